The van der Waals surface area contributed by atoms with Crippen LogP contribution in [0.25, 0.3) is 0 Å². The second kappa shape index (κ2) is 3.77. The van der Waals surface area contributed by atoms with Gasteiger partial charge in [-0.2, -0.15) is 14.8 Å². The third-order valence-electron chi connectivity index (χ3n) is 1.42. The molecule has 0 aromatic carbocycles. The van der Waals surface area contributed by atoms with E-state index in [9.17, 15) is 9.59 Å². The van der Waals surface area contributed by atoms with Crippen LogP contribution in [-0.4, -0.2) is 26.9 Å². The van der Waals surface area contributed by atoms with Crippen molar-refractivity contribution in [3.8, 4) is 0 Å². The van der Waals surface area contributed by atoms with Crippen LogP contribution in [0.15, 0.2) is 6.33 Å². The molecule has 0 aliphatic heterocycles. The Balaban J connectivity index is 3.06. The van der Waals surface area contributed by atoms with Crippen molar-refractivity contribution < 1.29 is 9.59 Å². The number of nitrogens with two attached hydrogens (primary N) is 4. The summed E-state index contributed by atoms with van der Waals surface area (Å²) in [5.74, 6) is 10.2. The fourth-order valence-electron chi connectivity index (χ4n) is 0.739. The summed E-state index contributed by atoms with van der Waals surface area (Å²) < 4.78 is 0.854. The van der Waals surface area contributed by atoms with Gasteiger partial charge in [-0.3, -0.25) is 0 Å². The first-order valence-electron chi connectivity index (χ1n) is 3.54. The van der Waals surface area contributed by atoms with Gasteiger partial charge in [0.2, 0.25) is 0 Å². The van der Waals surface area contributed by atoms with Gasteiger partial charge in [-0.05, 0) is 0 Å². The van der Waals surface area contributed by atoms with Crippen LogP contribution in [0.2, 0.25) is 0 Å². The van der Waals surface area contributed by atoms with Gasteiger partial charge < -0.3 is 11.5 Å². The predicted molar refractivity (Wildman–Crippen MR) is 48.3 cm³/mol. The number of hydrogen-bond acceptors (Lipinski definition) is 6. The Bertz CT molecular complexity index is 351. The molecule has 0 saturated heterocycles. The first kappa shape index (κ1) is 10.7. The lowest BCUT2D eigenvalue weighted by Gasteiger charge is -2.19. The van der Waals surface area contributed by atoms with E-state index < -0.39 is 12.1 Å². The van der Waals surface area contributed by atoms with Gasteiger partial charge in [0.1, 0.15) is 6.33 Å². The average molecular weight is 215 g/mol. The lowest BCUT2D eigenvalue weighted by Crippen LogP contribution is -2.52. The first-order chi connectivity index (χ1) is 6.95. The minimum atomic E-state index is -0.998. The van der Waals surface area contributed by atoms with E-state index in [-0.39, 0.29) is 5.95 Å². The number of carbonyl (C=O) groups excluding carboxylic acids is 2. The van der Waals surface area contributed by atoms with E-state index in [1.807, 2.05) is 0 Å². The molecule has 0 aliphatic carbocycles. The van der Waals surface area contributed by atoms with Crippen LogP contribution in [0, 0.1) is 0 Å². The van der Waals surface area contributed by atoms with Crippen LogP contribution < -0.4 is 33.3 Å². The molecule has 0 spiro atoms. The molecule has 0 fully saturated rings. The van der Waals surface area contributed by atoms with Crippen molar-refractivity contribution in [2.75, 3.05) is 10.1 Å². The molecule has 0 bridgehead atoms. The Morgan fingerprint density at radius 1 is 1.27 bits per heavy atom. The number of amides is 4. The molecular formula is C4H9N9O2. The van der Waals surface area contributed by atoms with E-state index in [0.717, 1.165) is 11.0 Å². The van der Waals surface area contributed by atoms with Crippen LogP contribution in [0.1, 0.15) is 0 Å². The fraction of sp³-hybridized carbons (Fsp3) is 0. The normalized spacial score (nSPS) is 9.73. The Labute approximate surface area is 83.1 Å². The molecule has 8 N–H and O–H groups in total. The summed E-state index contributed by atoms with van der Waals surface area (Å²) in [5.41, 5.74) is 9.76. The second-order valence-electron chi connectivity index (χ2n) is 2.37. The number of rotatable bonds is 2. The Morgan fingerprint density at radius 3 is 2.33 bits per heavy atom. The largest absolute Gasteiger partial charge is 0.350 e. The standard InChI is InChI=1S/C4H9N9O2/c5-2(14)12(7)4-10-9-1-11(4)13(8)3(6)15/h1H,7-8H2,(H2,5,14)(H2,6,15). The SMILES string of the molecule is NC(=O)N(N)c1nncn1N(N)C(N)=O. The van der Waals surface area contributed by atoms with Crippen LogP contribution in [0.3, 0.4) is 0 Å². The molecule has 4 amide bonds. The number of hydrogen-bond donors (Lipinski definition) is 4. The molecule has 15 heavy (non-hydrogen) atoms. The van der Waals surface area contributed by atoms with E-state index in [1.54, 1.807) is 0 Å². The van der Waals surface area contributed by atoms with Crippen LogP contribution in [0.5, 0.6) is 0 Å². The van der Waals surface area contributed by atoms with Crippen molar-refractivity contribution in [1.29, 1.82) is 0 Å². The quantitative estimate of drug-likeness (QED) is 0.231. The molecule has 82 valence electrons. The lowest BCUT2D eigenvalue weighted by atomic mass is 10.8. The summed E-state index contributed by atoms with van der Waals surface area (Å²) in [4.78, 5) is 21.4. The summed E-state index contributed by atoms with van der Waals surface area (Å²) in [6.07, 6.45) is 1.03. The molecule has 0 unspecified atom stereocenters. The van der Waals surface area contributed by atoms with Gasteiger partial charge in [0, 0.05) is 0 Å². The zero-order chi connectivity index (χ0) is 11.6. The second-order valence-corrected chi connectivity index (χ2v) is 2.37. The minimum absolute atomic E-state index is 0.246. The monoisotopic (exact) mass is 215 g/mol. The van der Waals surface area contributed by atoms with Gasteiger partial charge in [0.05, 0.1) is 0 Å². The van der Waals surface area contributed by atoms with Crippen LogP contribution in [0.4, 0.5) is 15.5 Å². The molecule has 11 nitrogen and oxygen atoms in total. The van der Waals surface area contributed by atoms with Crippen molar-refractivity contribution in [1.82, 2.24) is 14.9 Å². The van der Waals surface area contributed by atoms with E-state index in [2.05, 4.69) is 10.2 Å². The number of urea groups is 2. The Morgan fingerprint density at radius 2 is 1.87 bits per heavy atom. The predicted octanol–water partition coefficient (Wildman–Crippen LogP) is -3.07. The number of anilines is 1. The van der Waals surface area contributed by atoms with Crippen molar-refractivity contribution >= 4 is 18.0 Å². The third-order valence-corrected chi connectivity index (χ3v) is 1.42. The van der Waals surface area contributed by atoms with E-state index in [0.29, 0.717) is 10.1 Å². The number of primary amides is 2. The van der Waals surface area contributed by atoms with Gasteiger partial charge in [-0.25, -0.2) is 21.3 Å². The summed E-state index contributed by atoms with van der Waals surface area (Å²) in [6.45, 7) is 0. The number of hydrazine groups is 2. The molecule has 1 aromatic rings. The Kier molecular flexibility index (Phi) is 2.68. The molecule has 1 heterocycles. The topological polar surface area (TPSA) is 175 Å². The summed E-state index contributed by atoms with van der Waals surface area (Å²) >= 11 is 0. The number of carbonyl (C=O) groups is 2. The highest BCUT2D eigenvalue weighted by atomic mass is 16.2. The lowest BCUT2D eigenvalue weighted by molar-refractivity contribution is 0.247. The molecule has 1 aromatic heterocycles. The zero-order valence-electron chi connectivity index (χ0n) is 7.44. The molecule has 0 saturated carbocycles. The van der Waals surface area contributed by atoms with Crippen molar-refractivity contribution in [3.05, 3.63) is 6.33 Å². The van der Waals surface area contributed by atoms with Gasteiger partial charge in [0.15, 0.2) is 0 Å². The summed E-state index contributed by atoms with van der Waals surface area (Å²) in [7, 11) is 0. The highest BCUT2D eigenvalue weighted by Crippen LogP contribution is 2.04. The van der Waals surface area contributed by atoms with E-state index >= 15 is 0 Å². The van der Waals surface area contributed by atoms with Crippen molar-refractivity contribution in [2.45, 2.75) is 0 Å². The van der Waals surface area contributed by atoms with Crippen molar-refractivity contribution in [2.24, 2.45) is 23.2 Å². The first-order valence-corrected chi connectivity index (χ1v) is 3.54. The number of nitrogens with zero attached hydrogens (tertiary/aromatic N) is 5. The third kappa shape index (κ3) is 1.92. The van der Waals surface area contributed by atoms with Gasteiger partial charge in [0.25, 0.3) is 5.95 Å². The molecule has 0 radical (unpaired) electrons. The summed E-state index contributed by atoms with van der Waals surface area (Å²) in [6, 6.07) is -1.99. The van der Waals surface area contributed by atoms with E-state index in [4.69, 9.17) is 23.2 Å². The molecule has 0 aliphatic rings. The van der Waals surface area contributed by atoms with Gasteiger partial charge in [-0.1, -0.05) is 0 Å². The zero-order valence-corrected chi connectivity index (χ0v) is 7.44. The maximum absolute atomic E-state index is 10.7. The fourth-order valence-corrected chi connectivity index (χ4v) is 0.739. The van der Waals surface area contributed by atoms with Gasteiger partial charge in [-0.15, -0.1) is 10.2 Å². The maximum Gasteiger partial charge on any atom is 0.349 e. The van der Waals surface area contributed by atoms with E-state index in [1.165, 1.54) is 0 Å². The maximum atomic E-state index is 10.7. The average Bonchev–Trinajstić information content (AvgIpc) is 2.63. The molecule has 1 rings (SSSR count). The summed E-state index contributed by atoms with van der Waals surface area (Å²) in [5, 5.41) is 7.72. The highest BCUT2D eigenvalue weighted by Gasteiger charge is 2.19. The highest BCUT2D eigenvalue weighted by molar-refractivity contribution is 5.88. The molecule has 0 atom stereocenters. The van der Waals surface area contributed by atoms with Crippen LogP contribution >= 0.6 is 0 Å². The van der Waals surface area contributed by atoms with Crippen molar-refractivity contribution in [3.63, 3.8) is 0 Å². The van der Waals surface area contributed by atoms with Crippen LogP contribution in [-0.2, 0) is 0 Å². The molecular weight excluding hydrogens is 206 g/mol. The number of aromatic nitrogens is 3. The molecule has 11 heteroatoms. The Hall–Kier alpha value is -2.40. The minimum Gasteiger partial charge on any atom is -0.350 e. The smallest absolute Gasteiger partial charge is 0.349 e. The van der Waals surface area contributed by atoms with Gasteiger partial charge >= 0.3 is 12.1 Å².